The van der Waals surface area contributed by atoms with E-state index in [-0.39, 0.29) is 75.7 Å². The highest BCUT2D eigenvalue weighted by molar-refractivity contribution is 7.89. The van der Waals surface area contributed by atoms with Gasteiger partial charge in [-0.25, -0.2) is 22.3 Å². The molecule has 3 fully saturated rings. The van der Waals surface area contributed by atoms with E-state index in [9.17, 15) is 32.1 Å². The molecule has 0 saturated carbocycles. The van der Waals surface area contributed by atoms with Crippen LogP contribution < -0.4 is 20.5 Å². The Hall–Kier alpha value is -4.57. The van der Waals surface area contributed by atoms with Crippen molar-refractivity contribution in [3.8, 4) is 5.75 Å². The third-order valence-corrected chi connectivity index (χ3v) is 12.1. The molecule has 2 N–H and O–H groups in total. The molecule has 2 aromatic carbocycles. The molecule has 0 aliphatic carbocycles. The molecule has 0 radical (unpaired) electrons. The predicted molar refractivity (Wildman–Crippen MR) is 186 cm³/mol. The van der Waals surface area contributed by atoms with Crippen LogP contribution in [-0.2, 0) is 30.8 Å². The number of likely N-dealkylation sites (tertiary alicyclic amines) is 1. The average Bonchev–Trinajstić information content (AvgIpc) is 3.50. The monoisotopic (exact) mass is 726 g/mol. The Morgan fingerprint density at radius 1 is 0.922 bits per heavy atom. The lowest BCUT2D eigenvalue weighted by molar-refractivity contribution is -0.125. The van der Waals surface area contributed by atoms with Crippen molar-refractivity contribution in [1.82, 2.24) is 19.8 Å². The first-order valence-electron chi connectivity index (χ1n) is 17.0. The second-order valence-electron chi connectivity index (χ2n) is 14.7. The molecule has 4 heterocycles. The first-order valence-corrected chi connectivity index (χ1v) is 18.6. The van der Waals surface area contributed by atoms with Gasteiger partial charge in [0.2, 0.25) is 10.0 Å². The van der Waals surface area contributed by atoms with Crippen LogP contribution in [0.4, 0.5) is 19.8 Å². The molecule has 4 aliphatic heterocycles. The number of hydrogen-bond acceptors (Lipinski definition) is 9. The number of urea groups is 1. The van der Waals surface area contributed by atoms with Gasteiger partial charge in [0.15, 0.2) is 5.75 Å². The molecule has 0 bridgehead atoms. The number of hydrogen-bond donors (Lipinski definition) is 2. The van der Waals surface area contributed by atoms with Crippen molar-refractivity contribution >= 4 is 45.5 Å². The van der Waals surface area contributed by atoms with E-state index in [1.54, 1.807) is 49.9 Å². The van der Waals surface area contributed by atoms with Crippen LogP contribution in [0.5, 0.6) is 5.75 Å². The number of sulfonamides is 1. The lowest BCUT2D eigenvalue weighted by Gasteiger charge is -2.42. The van der Waals surface area contributed by atoms with Crippen LogP contribution in [0.25, 0.3) is 0 Å². The van der Waals surface area contributed by atoms with Crippen LogP contribution in [0.2, 0.25) is 0 Å². The number of benzene rings is 2. The van der Waals surface area contributed by atoms with Crippen LogP contribution >= 0.6 is 0 Å². The molecule has 51 heavy (non-hydrogen) atoms. The van der Waals surface area contributed by atoms with Crippen molar-refractivity contribution in [1.29, 1.82) is 0 Å². The Kier molecular flexibility index (Phi) is 9.38. The van der Waals surface area contributed by atoms with Crippen molar-refractivity contribution < 1.29 is 41.8 Å². The van der Waals surface area contributed by atoms with Gasteiger partial charge in [-0.1, -0.05) is 0 Å². The van der Waals surface area contributed by atoms with Gasteiger partial charge in [-0.3, -0.25) is 29.7 Å². The number of amides is 5. The van der Waals surface area contributed by atoms with E-state index in [0.29, 0.717) is 17.1 Å². The Balaban J connectivity index is 1.11. The molecule has 0 aromatic heterocycles. The molecule has 274 valence electrons. The second-order valence-corrected chi connectivity index (χ2v) is 16.8. The molecular weight excluding hydrogens is 683 g/mol. The molecule has 16 heteroatoms. The molecule has 14 nitrogen and oxygen atoms in total. The van der Waals surface area contributed by atoms with Crippen LogP contribution in [0.1, 0.15) is 68.7 Å². The van der Waals surface area contributed by atoms with Gasteiger partial charge in [-0.2, -0.15) is 0 Å². The number of carbonyl (C=O) groups excluding carboxylic acids is 4. The number of ether oxygens (including phenoxy) is 1. The zero-order valence-electron chi connectivity index (χ0n) is 29.4. The number of aryl methyl sites for hydroxylation is 2. The largest absolute Gasteiger partial charge is 0.444 e. The first kappa shape index (κ1) is 36.2. The summed E-state index contributed by atoms with van der Waals surface area (Å²) in [5.41, 5.74) is 0.585. The number of nitrogens with one attached hydrogen (secondary N) is 2. The van der Waals surface area contributed by atoms with Crippen LogP contribution in [-0.4, -0.2) is 96.0 Å². The molecule has 4 aliphatic rings. The smallest absolute Gasteiger partial charge is 0.410 e. The van der Waals surface area contributed by atoms with Gasteiger partial charge >= 0.3 is 12.1 Å². The molecule has 2 aromatic rings. The fraction of sp³-hybridized carbons (Fsp3) is 0.514. The number of halogens is 1. The number of imide groups is 1. The number of piperidine rings is 2. The van der Waals surface area contributed by atoms with Crippen molar-refractivity contribution in [3.05, 3.63) is 58.7 Å². The number of amidine groups is 1. The van der Waals surface area contributed by atoms with Crippen molar-refractivity contribution in [2.75, 3.05) is 36.8 Å². The van der Waals surface area contributed by atoms with Gasteiger partial charge in [0.25, 0.3) is 11.8 Å². The van der Waals surface area contributed by atoms with Crippen LogP contribution in [0.3, 0.4) is 0 Å². The van der Waals surface area contributed by atoms with Crippen molar-refractivity contribution in [3.63, 3.8) is 0 Å². The topological polar surface area (TPSA) is 167 Å². The SMILES string of the molecule is Cc1cc(N2C(=O)NC(=O)C23CCN(C(=O)OC(C)(C)C)CC3)cc(C)c1CCS(=O)(=O)N1CCC2(CC1)N=C(c1ccc(OF)cc1)NC2=O. The fourth-order valence-electron chi connectivity index (χ4n) is 7.41. The predicted octanol–water partition coefficient (Wildman–Crippen LogP) is 3.68. The molecule has 0 unspecified atom stereocenters. The summed E-state index contributed by atoms with van der Waals surface area (Å²) < 4.78 is 46.4. The minimum absolute atomic E-state index is 0.0242. The van der Waals surface area contributed by atoms with Gasteiger partial charge in [-0.05, 0) is 120 Å². The standard InChI is InChI=1S/C35H43FN6O8S/c1-22-20-25(42-31(45)38-30(44)35(42)13-15-40(16-14-35)32(46)49-33(3,4)5)21-23(2)27(22)10-19-51(47,48)41-17-11-34(12-18-41)29(43)37-28(39-34)24-6-8-26(50-36)9-7-24/h6-9,20-21H,10-19H2,1-5H3,(H,37,39,43)(H,38,44,45). The van der Waals surface area contributed by atoms with Gasteiger partial charge in [-0.15, -0.1) is 0 Å². The summed E-state index contributed by atoms with van der Waals surface area (Å²) in [7, 11) is -3.70. The van der Waals surface area contributed by atoms with Crippen molar-refractivity contribution in [2.24, 2.45) is 4.99 Å². The highest BCUT2D eigenvalue weighted by Crippen LogP contribution is 2.39. The number of anilines is 1. The second kappa shape index (κ2) is 13.2. The Morgan fingerprint density at radius 2 is 1.53 bits per heavy atom. The number of carbonyl (C=O) groups is 4. The molecule has 2 spiro atoms. The molecular formula is C35H43FN6O8S. The summed E-state index contributed by atoms with van der Waals surface area (Å²) in [6, 6.07) is 9.05. The average molecular weight is 727 g/mol. The normalized spacial score (nSPS) is 20.4. The third kappa shape index (κ3) is 6.90. The van der Waals surface area contributed by atoms with E-state index in [1.165, 1.54) is 21.3 Å². The Labute approximate surface area is 296 Å². The number of aliphatic imine (C=N–C) groups is 1. The number of nitrogens with zero attached hydrogens (tertiary/aromatic N) is 4. The zero-order chi connectivity index (χ0) is 36.9. The van der Waals surface area contributed by atoms with E-state index >= 15 is 0 Å². The maximum Gasteiger partial charge on any atom is 0.410 e. The molecule has 0 atom stereocenters. The Morgan fingerprint density at radius 3 is 2.10 bits per heavy atom. The first-order chi connectivity index (χ1) is 24.0. The highest BCUT2D eigenvalue weighted by atomic mass is 32.2. The summed E-state index contributed by atoms with van der Waals surface area (Å²) in [6.45, 7) is 9.78. The van der Waals surface area contributed by atoms with Gasteiger partial charge in [0.1, 0.15) is 22.5 Å². The molecule has 6 rings (SSSR count). The van der Waals surface area contributed by atoms with E-state index in [0.717, 1.165) is 16.7 Å². The summed E-state index contributed by atoms with van der Waals surface area (Å²) in [6.07, 6.45) is 0.656. The van der Waals surface area contributed by atoms with E-state index in [2.05, 4.69) is 20.6 Å². The minimum atomic E-state index is -3.70. The minimum Gasteiger partial charge on any atom is -0.444 e. The summed E-state index contributed by atoms with van der Waals surface area (Å²) in [5.74, 6) is -0.488. The van der Waals surface area contributed by atoms with E-state index < -0.39 is 44.7 Å². The van der Waals surface area contributed by atoms with Gasteiger partial charge < -0.3 is 15.0 Å². The van der Waals surface area contributed by atoms with Crippen LogP contribution in [0, 0.1) is 13.8 Å². The van der Waals surface area contributed by atoms with Gasteiger partial charge in [0.05, 0.1) is 5.75 Å². The van der Waals surface area contributed by atoms with E-state index in [1.807, 2.05) is 13.8 Å². The lowest BCUT2D eigenvalue weighted by Crippen LogP contribution is -2.58. The Bertz CT molecular complexity index is 1870. The summed E-state index contributed by atoms with van der Waals surface area (Å²) in [5, 5.41) is 5.24. The zero-order valence-corrected chi connectivity index (χ0v) is 30.2. The third-order valence-electron chi connectivity index (χ3n) is 10.2. The van der Waals surface area contributed by atoms with E-state index in [4.69, 9.17) is 4.74 Å². The highest BCUT2D eigenvalue weighted by Gasteiger charge is 2.55. The fourth-order valence-corrected chi connectivity index (χ4v) is 8.87. The van der Waals surface area contributed by atoms with Gasteiger partial charge in [0, 0.05) is 42.0 Å². The molecule has 3 saturated heterocycles. The summed E-state index contributed by atoms with van der Waals surface area (Å²) >= 11 is 0. The van der Waals surface area contributed by atoms with Crippen molar-refractivity contribution in [2.45, 2.75) is 83.4 Å². The lowest BCUT2D eigenvalue weighted by atomic mass is 9.85. The quantitative estimate of drug-likeness (QED) is 0.408. The maximum absolute atomic E-state index is 13.5. The number of rotatable bonds is 7. The summed E-state index contributed by atoms with van der Waals surface area (Å²) in [4.78, 5) is 63.5. The molecule has 5 amide bonds. The maximum atomic E-state index is 13.5. The van der Waals surface area contributed by atoms with Crippen LogP contribution in [0.15, 0.2) is 41.4 Å².